The maximum Gasteiger partial charge on any atom is 0.323 e. The number of nitrogens with zero attached hydrogens (tertiary/aromatic N) is 1. The van der Waals surface area contributed by atoms with E-state index in [9.17, 15) is 4.79 Å². The van der Waals surface area contributed by atoms with Crippen LogP contribution in [-0.4, -0.2) is 48.8 Å². The SMILES string of the molecule is CCCCC(C(=O)OC)N(CC)CCO. The van der Waals surface area contributed by atoms with E-state index < -0.39 is 0 Å². The minimum Gasteiger partial charge on any atom is -0.468 e. The maximum absolute atomic E-state index is 11.5. The topological polar surface area (TPSA) is 49.8 Å². The van der Waals surface area contributed by atoms with E-state index in [0.29, 0.717) is 6.54 Å². The van der Waals surface area contributed by atoms with Crippen molar-refractivity contribution in [2.45, 2.75) is 39.2 Å². The Kier molecular flexibility index (Phi) is 8.33. The first-order chi connectivity index (χ1) is 7.21. The Morgan fingerprint density at radius 1 is 1.47 bits per heavy atom. The fraction of sp³-hybridized carbons (Fsp3) is 0.909. The number of ether oxygens (including phenoxy) is 1. The standard InChI is InChI=1S/C11H23NO3/c1-4-6-7-10(11(14)15-3)12(5-2)8-9-13/h10,13H,4-9H2,1-3H3. The van der Waals surface area contributed by atoms with Crippen LogP contribution in [0.5, 0.6) is 0 Å². The highest BCUT2D eigenvalue weighted by molar-refractivity contribution is 5.75. The molecule has 0 bridgehead atoms. The van der Waals surface area contributed by atoms with Gasteiger partial charge in [0.2, 0.25) is 0 Å². The van der Waals surface area contributed by atoms with Crippen molar-refractivity contribution >= 4 is 5.97 Å². The monoisotopic (exact) mass is 217 g/mol. The van der Waals surface area contributed by atoms with Gasteiger partial charge in [0, 0.05) is 6.54 Å². The molecule has 1 atom stereocenters. The van der Waals surface area contributed by atoms with E-state index in [-0.39, 0.29) is 18.6 Å². The third kappa shape index (κ3) is 5.14. The number of esters is 1. The quantitative estimate of drug-likeness (QED) is 0.617. The molecule has 0 aromatic heterocycles. The summed E-state index contributed by atoms with van der Waals surface area (Å²) in [5, 5.41) is 8.90. The smallest absolute Gasteiger partial charge is 0.323 e. The van der Waals surface area contributed by atoms with Crippen LogP contribution in [0.2, 0.25) is 0 Å². The van der Waals surface area contributed by atoms with Gasteiger partial charge in [0.15, 0.2) is 0 Å². The van der Waals surface area contributed by atoms with Crippen LogP contribution < -0.4 is 0 Å². The number of aliphatic hydroxyl groups is 1. The molecule has 0 aliphatic carbocycles. The second kappa shape index (κ2) is 8.68. The molecule has 0 heterocycles. The third-order valence-corrected chi connectivity index (χ3v) is 2.54. The van der Waals surface area contributed by atoms with Gasteiger partial charge < -0.3 is 9.84 Å². The summed E-state index contributed by atoms with van der Waals surface area (Å²) < 4.78 is 4.78. The highest BCUT2D eigenvalue weighted by Gasteiger charge is 2.24. The molecule has 0 radical (unpaired) electrons. The van der Waals surface area contributed by atoms with Gasteiger partial charge in [0.25, 0.3) is 0 Å². The average Bonchev–Trinajstić information content (AvgIpc) is 2.27. The molecule has 15 heavy (non-hydrogen) atoms. The Labute approximate surface area is 92.2 Å². The zero-order valence-corrected chi connectivity index (χ0v) is 10.0. The van der Waals surface area contributed by atoms with Crippen LogP contribution in [0.15, 0.2) is 0 Å². The van der Waals surface area contributed by atoms with E-state index in [1.54, 1.807) is 0 Å². The maximum atomic E-state index is 11.5. The summed E-state index contributed by atoms with van der Waals surface area (Å²) in [4.78, 5) is 13.5. The summed E-state index contributed by atoms with van der Waals surface area (Å²) in [6.07, 6.45) is 2.86. The van der Waals surface area contributed by atoms with Crippen LogP contribution in [0.25, 0.3) is 0 Å². The van der Waals surface area contributed by atoms with Gasteiger partial charge in [-0.15, -0.1) is 0 Å². The number of carbonyl (C=O) groups is 1. The van der Waals surface area contributed by atoms with Crippen molar-refractivity contribution in [2.75, 3.05) is 26.8 Å². The molecule has 0 saturated carbocycles. The molecule has 0 saturated heterocycles. The highest BCUT2D eigenvalue weighted by atomic mass is 16.5. The number of methoxy groups -OCH3 is 1. The Morgan fingerprint density at radius 2 is 2.13 bits per heavy atom. The minimum absolute atomic E-state index is 0.0768. The summed E-state index contributed by atoms with van der Waals surface area (Å²) in [6, 6.07) is -0.202. The lowest BCUT2D eigenvalue weighted by Gasteiger charge is -2.27. The first-order valence-corrected chi connectivity index (χ1v) is 5.63. The first kappa shape index (κ1) is 14.4. The van der Waals surface area contributed by atoms with E-state index in [2.05, 4.69) is 6.92 Å². The Morgan fingerprint density at radius 3 is 2.53 bits per heavy atom. The van der Waals surface area contributed by atoms with Crippen molar-refractivity contribution in [2.24, 2.45) is 0 Å². The molecule has 0 aliphatic rings. The van der Waals surface area contributed by atoms with E-state index in [1.807, 2.05) is 11.8 Å². The van der Waals surface area contributed by atoms with Crippen molar-refractivity contribution in [1.82, 2.24) is 4.90 Å². The zero-order chi connectivity index (χ0) is 11.7. The lowest BCUT2D eigenvalue weighted by atomic mass is 10.1. The van der Waals surface area contributed by atoms with Crippen molar-refractivity contribution in [3.05, 3.63) is 0 Å². The zero-order valence-electron chi connectivity index (χ0n) is 10.0. The van der Waals surface area contributed by atoms with Gasteiger partial charge in [0.05, 0.1) is 13.7 Å². The van der Waals surface area contributed by atoms with Gasteiger partial charge in [0.1, 0.15) is 6.04 Å². The van der Waals surface area contributed by atoms with Crippen molar-refractivity contribution < 1.29 is 14.6 Å². The molecule has 0 aromatic rings. The van der Waals surface area contributed by atoms with Gasteiger partial charge in [-0.1, -0.05) is 26.7 Å². The molecule has 90 valence electrons. The van der Waals surface area contributed by atoms with E-state index in [4.69, 9.17) is 9.84 Å². The molecular weight excluding hydrogens is 194 g/mol. The summed E-state index contributed by atoms with van der Waals surface area (Å²) in [6.45, 7) is 5.44. The largest absolute Gasteiger partial charge is 0.468 e. The van der Waals surface area contributed by atoms with Crippen LogP contribution >= 0.6 is 0 Å². The summed E-state index contributed by atoms with van der Waals surface area (Å²) in [7, 11) is 1.41. The first-order valence-electron chi connectivity index (χ1n) is 5.63. The van der Waals surface area contributed by atoms with Gasteiger partial charge in [-0.2, -0.15) is 0 Å². The van der Waals surface area contributed by atoms with Crippen molar-refractivity contribution in [3.8, 4) is 0 Å². The number of aliphatic hydroxyl groups excluding tert-OH is 1. The number of hydrogen-bond donors (Lipinski definition) is 1. The molecule has 0 aliphatic heterocycles. The van der Waals surface area contributed by atoms with Gasteiger partial charge >= 0.3 is 5.97 Å². The molecule has 1 unspecified atom stereocenters. The van der Waals surface area contributed by atoms with Gasteiger partial charge in [-0.25, -0.2) is 0 Å². The summed E-state index contributed by atoms with van der Waals surface area (Å²) >= 11 is 0. The molecule has 4 heteroatoms. The fourth-order valence-corrected chi connectivity index (χ4v) is 1.65. The summed E-state index contributed by atoms with van der Waals surface area (Å²) in [5.74, 6) is -0.196. The van der Waals surface area contributed by atoms with Crippen LogP contribution in [0.1, 0.15) is 33.1 Å². The predicted molar refractivity (Wildman–Crippen MR) is 59.7 cm³/mol. The lowest BCUT2D eigenvalue weighted by Crippen LogP contribution is -2.43. The van der Waals surface area contributed by atoms with Gasteiger partial charge in [-0.3, -0.25) is 9.69 Å². The van der Waals surface area contributed by atoms with Crippen LogP contribution in [0, 0.1) is 0 Å². The molecular formula is C11H23NO3. The Hall–Kier alpha value is -0.610. The van der Waals surface area contributed by atoms with Crippen LogP contribution in [0.4, 0.5) is 0 Å². The fourth-order valence-electron chi connectivity index (χ4n) is 1.65. The minimum atomic E-state index is -0.202. The van der Waals surface area contributed by atoms with Gasteiger partial charge in [-0.05, 0) is 13.0 Å². The number of unbranched alkanes of at least 4 members (excludes halogenated alkanes) is 1. The molecule has 0 rings (SSSR count). The van der Waals surface area contributed by atoms with Crippen LogP contribution in [0.3, 0.4) is 0 Å². The van der Waals surface area contributed by atoms with E-state index >= 15 is 0 Å². The van der Waals surface area contributed by atoms with E-state index in [0.717, 1.165) is 25.8 Å². The number of rotatable bonds is 8. The Bertz CT molecular complexity index is 173. The normalized spacial score (nSPS) is 12.9. The lowest BCUT2D eigenvalue weighted by molar-refractivity contribution is -0.147. The third-order valence-electron chi connectivity index (χ3n) is 2.54. The van der Waals surface area contributed by atoms with Crippen molar-refractivity contribution in [3.63, 3.8) is 0 Å². The molecule has 4 nitrogen and oxygen atoms in total. The number of hydrogen-bond acceptors (Lipinski definition) is 4. The second-order valence-electron chi connectivity index (χ2n) is 3.53. The van der Waals surface area contributed by atoms with Crippen molar-refractivity contribution in [1.29, 1.82) is 0 Å². The van der Waals surface area contributed by atoms with Crippen LogP contribution in [-0.2, 0) is 9.53 Å². The average molecular weight is 217 g/mol. The van der Waals surface area contributed by atoms with E-state index in [1.165, 1.54) is 7.11 Å². The molecule has 0 spiro atoms. The number of carbonyl (C=O) groups excluding carboxylic acids is 1. The molecule has 0 amide bonds. The second-order valence-corrected chi connectivity index (χ2v) is 3.53. The summed E-state index contributed by atoms with van der Waals surface area (Å²) in [5.41, 5.74) is 0. The number of likely N-dealkylation sites (N-methyl/N-ethyl adjacent to an activating group) is 1. The predicted octanol–water partition coefficient (Wildman–Crippen LogP) is 1.03. The highest BCUT2D eigenvalue weighted by Crippen LogP contribution is 2.10. The molecule has 1 N–H and O–H groups in total. The Balaban J connectivity index is 4.35. The molecule has 0 fully saturated rings. The molecule has 0 aromatic carbocycles.